The summed E-state index contributed by atoms with van der Waals surface area (Å²) in [6.45, 7) is 4.91. The van der Waals surface area contributed by atoms with Gasteiger partial charge < -0.3 is 11.1 Å². The van der Waals surface area contributed by atoms with E-state index in [1.165, 1.54) is 0 Å². The van der Waals surface area contributed by atoms with E-state index in [-0.39, 0.29) is 11.9 Å². The molecule has 1 amide bonds. The van der Waals surface area contributed by atoms with Crippen molar-refractivity contribution in [3.8, 4) is 0 Å². The standard InChI is InChI=1S/C13H27N3O/c1-4-11(5-2)16(3)12(9-14)8-13(17)15-10-6-7-10/h10-12H,4-9,14H2,1-3H3,(H,15,17). The Morgan fingerprint density at radius 1 is 1.35 bits per heavy atom. The first-order valence-corrected chi connectivity index (χ1v) is 6.83. The van der Waals surface area contributed by atoms with E-state index in [4.69, 9.17) is 5.73 Å². The summed E-state index contributed by atoms with van der Waals surface area (Å²) >= 11 is 0. The number of nitrogens with zero attached hydrogens (tertiary/aromatic N) is 1. The van der Waals surface area contributed by atoms with Crippen molar-refractivity contribution >= 4 is 5.91 Å². The second kappa shape index (κ2) is 6.97. The molecule has 17 heavy (non-hydrogen) atoms. The number of carbonyl (C=O) groups is 1. The maximum absolute atomic E-state index is 11.8. The zero-order chi connectivity index (χ0) is 12.8. The van der Waals surface area contributed by atoms with Crippen LogP contribution in [0.25, 0.3) is 0 Å². The van der Waals surface area contributed by atoms with Crippen molar-refractivity contribution in [1.82, 2.24) is 10.2 Å². The molecule has 1 aliphatic rings. The normalized spacial score (nSPS) is 17.5. The van der Waals surface area contributed by atoms with Gasteiger partial charge in [0.25, 0.3) is 0 Å². The molecule has 1 unspecified atom stereocenters. The number of nitrogens with one attached hydrogen (secondary N) is 1. The van der Waals surface area contributed by atoms with Crippen LogP contribution in [0.1, 0.15) is 46.0 Å². The Bertz CT molecular complexity index is 237. The minimum absolute atomic E-state index is 0.153. The Morgan fingerprint density at radius 2 is 1.94 bits per heavy atom. The second-order valence-electron chi connectivity index (χ2n) is 5.07. The molecule has 4 heteroatoms. The van der Waals surface area contributed by atoms with Gasteiger partial charge in [0, 0.05) is 31.1 Å². The van der Waals surface area contributed by atoms with Gasteiger partial charge in [0.1, 0.15) is 0 Å². The van der Waals surface area contributed by atoms with Crippen LogP contribution >= 0.6 is 0 Å². The molecule has 1 atom stereocenters. The molecular weight excluding hydrogens is 214 g/mol. The number of hydrogen-bond acceptors (Lipinski definition) is 3. The lowest BCUT2D eigenvalue weighted by Gasteiger charge is -2.33. The van der Waals surface area contributed by atoms with Crippen LogP contribution in [0.5, 0.6) is 0 Å². The summed E-state index contributed by atoms with van der Waals surface area (Å²) in [5.74, 6) is 0.153. The van der Waals surface area contributed by atoms with Crippen molar-refractivity contribution in [3.05, 3.63) is 0 Å². The monoisotopic (exact) mass is 241 g/mol. The molecule has 0 aliphatic heterocycles. The quantitative estimate of drug-likeness (QED) is 0.669. The number of carbonyl (C=O) groups excluding carboxylic acids is 1. The number of likely N-dealkylation sites (N-methyl/N-ethyl adjacent to an activating group) is 1. The highest BCUT2D eigenvalue weighted by molar-refractivity contribution is 5.77. The van der Waals surface area contributed by atoms with E-state index in [1.807, 2.05) is 0 Å². The SMILES string of the molecule is CCC(CC)N(C)C(CN)CC(=O)NC1CC1. The van der Waals surface area contributed by atoms with Crippen LogP contribution < -0.4 is 11.1 Å². The minimum Gasteiger partial charge on any atom is -0.353 e. The molecule has 0 bridgehead atoms. The molecule has 0 spiro atoms. The molecule has 0 radical (unpaired) electrons. The Balaban J connectivity index is 2.41. The van der Waals surface area contributed by atoms with Crippen molar-refractivity contribution in [2.24, 2.45) is 5.73 Å². The maximum Gasteiger partial charge on any atom is 0.221 e. The predicted molar refractivity (Wildman–Crippen MR) is 70.8 cm³/mol. The Kier molecular flexibility index (Phi) is 5.92. The average Bonchev–Trinajstić information content (AvgIpc) is 3.11. The summed E-state index contributed by atoms with van der Waals surface area (Å²) in [6, 6.07) is 1.13. The Hall–Kier alpha value is -0.610. The van der Waals surface area contributed by atoms with Gasteiger partial charge in [-0.15, -0.1) is 0 Å². The zero-order valence-corrected chi connectivity index (χ0v) is 11.4. The summed E-state index contributed by atoms with van der Waals surface area (Å²) in [4.78, 5) is 14.0. The topological polar surface area (TPSA) is 58.4 Å². The van der Waals surface area contributed by atoms with Crippen molar-refractivity contribution < 1.29 is 4.79 Å². The average molecular weight is 241 g/mol. The third-order valence-corrected chi connectivity index (χ3v) is 3.73. The van der Waals surface area contributed by atoms with Crippen molar-refractivity contribution in [3.63, 3.8) is 0 Å². The molecule has 0 aromatic carbocycles. The lowest BCUT2D eigenvalue weighted by Crippen LogP contribution is -2.46. The largest absolute Gasteiger partial charge is 0.353 e. The van der Waals surface area contributed by atoms with Crippen molar-refractivity contribution in [2.45, 2.75) is 64.1 Å². The Morgan fingerprint density at radius 3 is 2.35 bits per heavy atom. The molecule has 0 aromatic heterocycles. The number of amides is 1. The van der Waals surface area contributed by atoms with Gasteiger partial charge in [-0.25, -0.2) is 0 Å². The Labute approximate surface area is 105 Å². The van der Waals surface area contributed by atoms with E-state index in [2.05, 4.69) is 31.1 Å². The molecular formula is C13H27N3O. The molecule has 0 heterocycles. The molecule has 0 saturated heterocycles. The predicted octanol–water partition coefficient (Wildman–Crippen LogP) is 1.10. The van der Waals surface area contributed by atoms with Crippen LogP contribution in [0.2, 0.25) is 0 Å². The molecule has 1 fully saturated rings. The first-order chi connectivity index (χ1) is 8.12. The minimum atomic E-state index is 0.153. The fourth-order valence-electron chi connectivity index (χ4n) is 2.28. The van der Waals surface area contributed by atoms with E-state index in [0.29, 0.717) is 25.0 Å². The lowest BCUT2D eigenvalue weighted by molar-refractivity contribution is -0.122. The highest BCUT2D eigenvalue weighted by Gasteiger charge is 2.26. The molecule has 4 nitrogen and oxygen atoms in total. The van der Waals surface area contributed by atoms with Gasteiger partial charge in [-0.2, -0.15) is 0 Å². The third kappa shape index (κ3) is 4.64. The van der Waals surface area contributed by atoms with E-state index < -0.39 is 0 Å². The van der Waals surface area contributed by atoms with Crippen LogP contribution in [-0.2, 0) is 4.79 Å². The lowest BCUT2D eigenvalue weighted by atomic mass is 10.1. The molecule has 100 valence electrons. The van der Waals surface area contributed by atoms with E-state index in [0.717, 1.165) is 25.7 Å². The van der Waals surface area contributed by atoms with Gasteiger partial charge >= 0.3 is 0 Å². The van der Waals surface area contributed by atoms with Gasteiger partial charge in [-0.1, -0.05) is 13.8 Å². The fraction of sp³-hybridized carbons (Fsp3) is 0.923. The first-order valence-electron chi connectivity index (χ1n) is 6.83. The molecule has 1 aliphatic carbocycles. The van der Waals surface area contributed by atoms with E-state index in [9.17, 15) is 4.79 Å². The van der Waals surface area contributed by atoms with Gasteiger partial charge in [0.15, 0.2) is 0 Å². The summed E-state index contributed by atoms with van der Waals surface area (Å²) in [7, 11) is 2.08. The third-order valence-electron chi connectivity index (χ3n) is 3.73. The van der Waals surface area contributed by atoms with Gasteiger partial charge in [0.2, 0.25) is 5.91 Å². The van der Waals surface area contributed by atoms with Crippen LogP contribution in [0.3, 0.4) is 0 Å². The molecule has 3 N–H and O–H groups in total. The van der Waals surface area contributed by atoms with Gasteiger partial charge in [0.05, 0.1) is 0 Å². The van der Waals surface area contributed by atoms with Crippen LogP contribution in [0, 0.1) is 0 Å². The smallest absolute Gasteiger partial charge is 0.221 e. The van der Waals surface area contributed by atoms with Crippen LogP contribution in [0.4, 0.5) is 0 Å². The summed E-state index contributed by atoms with van der Waals surface area (Å²) in [6.07, 6.45) is 5.02. The molecule has 0 aromatic rings. The van der Waals surface area contributed by atoms with Gasteiger partial charge in [-0.05, 0) is 32.7 Å². The maximum atomic E-state index is 11.8. The highest BCUT2D eigenvalue weighted by Crippen LogP contribution is 2.19. The number of nitrogens with two attached hydrogens (primary N) is 1. The summed E-state index contributed by atoms with van der Waals surface area (Å²) in [5.41, 5.74) is 5.79. The first kappa shape index (κ1) is 14.5. The van der Waals surface area contributed by atoms with E-state index in [1.54, 1.807) is 0 Å². The highest BCUT2D eigenvalue weighted by atomic mass is 16.1. The number of hydrogen-bond donors (Lipinski definition) is 2. The molecule has 1 rings (SSSR count). The van der Waals surface area contributed by atoms with Crippen molar-refractivity contribution in [2.75, 3.05) is 13.6 Å². The molecule has 1 saturated carbocycles. The summed E-state index contributed by atoms with van der Waals surface area (Å²) < 4.78 is 0. The fourth-order valence-corrected chi connectivity index (χ4v) is 2.28. The zero-order valence-electron chi connectivity index (χ0n) is 11.4. The van der Waals surface area contributed by atoms with Gasteiger partial charge in [-0.3, -0.25) is 9.69 Å². The second-order valence-corrected chi connectivity index (χ2v) is 5.07. The van der Waals surface area contributed by atoms with Crippen LogP contribution in [0.15, 0.2) is 0 Å². The summed E-state index contributed by atoms with van der Waals surface area (Å²) in [5, 5.41) is 3.03. The van der Waals surface area contributed by atoms with E-state index >= 15 is 0 Å². The van der Waals surface area contributed by atoms with Crippen LogP contribution in [-0.4, -0.2) is 42.5 Å². The van der Waals surface area contributed by atoms with Crippen molar-refractivity contribution in [1.29, 1.82) is 0 Å². The number of rotatable bonds is 8.